The van der Waals surface area contributed by atoms with E-state index in [1.54, 1.807) is 26.4 Å². The van der Waals surface area contributed by atoms with Crippen LogP contribution in [-0.4, -0.2) is 105 Å². The van der Waals surface area contributed by atoms with E-state index in [0.29, 0.717) is 72.5 Å². The second-order valence-electron chi connectivity index (χ2n) is 16.6. The van der Waals surface area contributed by atoms with E-state index in [1.807, 2.05) is 35.2 Å². The number of aliphatic imine (C=N–C) groups is 1. The molecule has 4 heterocycles. The summed E-state index contributed by atoms with van der Waals surface area (Å²) < 4.78 is 24.2. The van der Waals surface area contributed by atoms with Gasteiger partial charge < -0.3 is 38.8 Å². The summed E-state index contributed by atoms with van der Waals surface area (Å²) in [6.45, 7) is 19.1. The Labute approximate surface area is 314 Å². The van der Waals surface area contributed by atoms with E-state index in [4.69, 9.17) is 18.9 Å². The van der Waals surface area contributed by atoms with Gasteiger partial charge in [-0.2, -0.15) is 0 Å². The topological polar surface area (TPSA) is 113 Å². The summed E-state index contributed by atoms with van der Waals surface area (Å²) in [5, 5.41) is 9.91. The molecule has 2 aromatic rings. The van der Waals surface area contributed by atoms with E-state index in [0.717, 1.165) is 48.9 Å². The molecule has 0 aliphatic carbocycles. The number of methoxy groups -OCH3 is 2. The van der Waals surface area contributed by atoms with E-state index in [2.05, 4.69) is 50.7 Å². The molecule has 286 valence electrons. The van der Waals surface area contributed by atoms with Gasteiger partial charge >= 0.3 is 0 Å². The number of hydrogen-bond donors (Lipinski definition) is 1. The molecule has 0 aromatic heterocycles. The van der Waals surface area contributed by atoms with E-state index >= 15 is 0 Å². The van der Waals surface area contributed by atoms with Crippen LogP contribution in [-0.2, 0) is 0 Å². The summed E-state index contributed by atoms with van der Waals surface area (Å²) in [5.41, 5.74) is 4.32. The van der Waals surface area contributed by atoms with Crippen LogP contribution < -0.4 is 23.8 Å². The zero-order valence-corrected chi connectivity index (χ0v) is 32.5. The summed E-state index contributed by atoms with van der Waals surface area (Å²) in [6, 6.07) is 7.09. The van der Waals surface area contributed by atoms with Gasteiger partial charge in [-0.1, -0.05) is 52.0 Å². The lowest BCUT2D eigenvalue weighted by Gasteiger charge is -2.35. The minimum absolute atomic E-state index is 0.0299. The van der Waals surface area contributed by atoms with Crippen molar-refractivity contribution in [1.29, 1.82) is 0 Å². The number of anilines is 1. The van der Waals surface area contributed by atoms with Crippen molar-refractivity contribution in [2.75, 3.05) is 59.1 Å². The highest BCUT2D eigenvalue weighted by Gasteiger charge is 2.43. The highest BCUT2D eigenvalue weighted by atomic mass is 16.5. The van der Waals surface area contributed by atoms with Gasteiger partial charge in [-0.3, -0.25) is 14.6 Å². The number of hydrogen-bond acceptors (Lipinski definition) is 9. The molecule has 3 atom stereocenters. The Morgan fingerprint density at radius 3 is 2.13 bits per heavy atom. The molecule has 2 saturated heterocycles. The minimum atomic E-state index is -0.152. The molecule has 53 heavy (non-hydrogen) atoms. The van der Waals surface area contributed by atoms with Gasteiger partial charge in [0.05, 0.1) is 68.1 Å². The molecular weight excluding hydrogens is 672 g/mol. The smallest absolute Gasteiger partial charge is 0.257 e. The molecule has 4 aliphatic heterocycles. The van der Waals surface area contributed by atoms with Gasteiger partial charge in [0.25, 0.3) is 11.8 Å². The number of carbonyl (C=O) groups is 2. The average Bonchev–Trinajstić information content (AvgIpc) is 3.66. The molecule has 2 aromatic carbocycles. The third kappa shape index (κ3) is 7.91. The summed E-state index contributed by atoms with van der Waals surface area (Å²) in [6.07, 6.45) is 6.50. The van der Waals surface area contributed by atoms with Crippen molar-refractivity contribution in [3.63, 3.8) is 0 Å². The molecule has 1 N–H and O–H groups in total. The number of benzene rings is 2. The fourth-order valence-electron chi connectivity index (χ4n) is 7.98. The molecule has 2 fully saturated rings. The molecule has 11 nitrogen and oxygen atoms in total. The Morgan fingerprint density at radius 1 is 0.811 bits per heavy atom. The summed E-state index contributed by atoms with van der Waals surface area (Å²) in [4.78, 5) is 37.6. The Balaban J connectivity index is 1.07. The summed E-state index contributed by atoms with van der Waals surface area (Å²) in [5.74, 6) is 2.07. The highest BCUT2D eigenvalue weighted by Crippen LogP contribution is 2.43. The lowest BCUT2D eigenvalue weighted by atomic mass is 9.78. The highest BCUT2D eigenvalue weighted by molar-refractivity contribution is 6.04. The molecular formula is C42H56N4O7. The number of carbonyl (C=O) groups excluding carboxylic acids is 2. The molecule has 0 saturated carbocycles. The van der Waals surface area contributed by atoms with Gasteiger partial charge in [0.15, 0.2) is 23.0 Å². The zero-order valence-electron chi connectivity index (χ0n) is 32.5. The predicted octanol–water partition coefficient (Wildman–Crippen LogP) is 6.84. The molecule has 2 amide bonds. The van der Waals surface area contributed by atoms with Crippen molar-refractivity contribution in [3.05, 3.63) is 59.7 Å². The van der Waals surface area contributed by atoms with Crippen LogP contribution in [0.5, 0.6) is 23.0 Å². The Kier molecular flexibility index (Phi) is 10.9. The third-order valence-corrected chi connectivity index (χ3v) is 11.4. The lowest BCUT2D eigenvalue weighted by molar-refractivity contribution is 0.0720. The predicted molar refractivity (Wildman–Crippen MR) is 208 cm³/mol. The van der Waals surface area contributed by atoms with Crippen molar-refractivity contribution in [2.45, 2.75) is 84.3 Å². The largest absolute Gasteiger partial charge is 0.493 e. The molecule has 0 bridgehead atoms. The molecule has 11 heteroatoms. The molecule has 0 radical (unpaired) electrons. The Bertz CT molecular complexity index is 1800. The van der Waals surface area contributed by atoms with Crippen LogP contribution in [0.1, 0.15) is 86.9 Å². The minimum Gasteiger partial charge on any atom is -0.493 e. The number of amides is 2. The number of ether oxygens (including phenoxy) is 4. The van der Waals surface area contributed by atoms with Gasteiger partial charge in [-0.25, -0.2) is 0 Å². The second-order valence-corrected chi connectivity index (χ2v) is 16.6. The van der Waals surface area contributed by atoms with Gasteiger partial charge in [0, 0.05) is 45.1 Å². The molecule has 4 aliphatic rings. The number of aliphatic hydroxyl groups excluding tert-OH is 1. The van der Waals surface area contributed by atoms with Gasteiger partial charge in [-0.15, -0.1) is 0 Å². The molecule has 0 spiro atoms. The van der Waals surface area contributed by atoms with Crippen LogP contribution in [0.15, 0.2) is 53.6 Å². The lowest BCUT2D eigenvalue weighted by Crippen LogP contribution is -2.47. The maximum Gasteiger partial charge on any atom is 0.257 e. The fraction of sp³-hybridized carbons (Fsp3) is 0.548. The number of nitrogens with zero attached hydrogens (tertiary/aromatic N) is 4. The molecule has 6 rings (SSSR count). The van der Waals surface area contributed by atoms with Crippen LogP contribution in [0, 0.1) is 10.8 Å². The number of likely N-dealkylation sites (N-methyl/N-ethyl adjacent to an activating group) is 1. The zero-order chi connectivity index (χ0) is 38.2. The van der Waals surface area contributed by atoms with Crippen LogP contribution >= 0.6 is 0 Å². The normalized spacial score (nSPS) is 21.2. The van der Waals surface area contributed by atoms with Crippen molar-refractivity contribution in [1.82, 2.24) is 9.80 Å². The standard InChI is InChI=1S/C42H56N4O7/c1-26-16-28-22-43-31-20-37(35(50-8)18-29(31)39(48)45(28)23-26)53-25-42(5,6)12-11-41(3,4)13-15-52-38-21-33-30(19-36(38)51-9)40(49)46-24-27(2)17-34(46)32(10-14-47)44(33)7/h18-22,28,32,34,47H,1-2,10-17,23-25H2,3-9H3. The first-order chi connectivity index (χ1) is 25.1. The van der Waals surface area contributed by atoms with E-state index in [-0.39, 0.29) is 47.4 Å². The van der Waals surface area contributed by atoms with Gasteiger partial charge in [0.2, 0.25) is 0 Å². The quantitative estimate of drug-likeness (QED) is 0.211. The van der Waals surface area contributed by atoms with E-state index in [9.17, 15) is 14.7 Å². The Hall–Kier alpha value is -4.51. The molecule has 3 unspecified atom stereocenters. The van der Waals surface area contributed by atoms with Crippen LogP contribution in [0.2, 0.25) is 0 Å². The first-order valence-electron chi connectivity index (χ1n) is 18.7. The Morgan fingerprint density at radius 2 is 1.43 bits per heavy atom. The van der Waals surface area contributed by atoms with Crippen molar-refractivity contribution in [2.24, 2.45) is 15.8 Å². The van der Waals surface area contributed by atoms with E-state index in [1.165, 1.54) is 0 Å². The number of rotatable bonds is 14. The average molecular weight is 729 g/mol. The van der Waals surface area contributed by atoms with Gasteiger partial charge in [-0.05, 0) is 61.5 Å². The van der Waals surface area contributed by atoms with Crippen LogP contribution in [0.25, 0.3) is 0 Å². The van der Waals surface area contributed by atoms with Crippen molar-refractivity contribution in [3.8, 4) is 23.0 Å². The monoisotopic (exact) mass is 728 g/mol. The number of fused-ring (bicyclic) bond motifs is 4. The summed E-state index contributed by atoms with van der Waals surface area (Å²) in [7, 11) is 5.17. The fourth-order valence-corrected chi connectivity index (χ4v) is 7.98. The van der Waals surface area contributed by atoms with E-state index < -0.39 is 0 Å². The van der Waals surface area contributed by atoms with Crippen LogP contribution in [0.4, 0.5) is 11.4 Å². The second kappa shape index (κ2) is 15.1. The van der Waals surface area contributed by atoms with Gasteiger partial charge in [0.1, 0.15) is 0 Å². The maximum atomic E-state index is 13.8. The summed E-state index contributed by atoms with van der Waals surface area (Å²) >= 11 is 0. The van der Waals surface area contributed by atoms with Crippen LogP contribution in [0.3, 0.4) is 0 Å². The first kappa shape index (κ1) is 38.2. The third-order valence-electron chi connectivity index (χ3n) is 11.4. The maximum absolute atomic E-state index is 13.8. The SMILES string of the molecule is C=C1CC2C=Nc3cc(OCC(C)(C)CCC(C)(C)CCOc4cc5c(cc4OC)C(=O)N4CC(=C)CC4C(CCO)N5C)c(OC)cc3C(=O)N2C1. The first-order valence-corrected chi connectivity index (χ1v) is 18.7. The van der Waals surface area contributed by atoms with Crippen molar-refractivity contribution >= 4 is 29.4 Å². The number of aliphatic hydroxyl groups is 1. The van der Waals surface area contributed by atoms with Crippen molar-refractivity contribution < 1.29 is 33.6 Å².